The third-order valence-electron chi connectivity index (χ3n) is 3.87. The molecule has 0 atom stereocenters. The third-order valence-corrected chi connectivity index (χ3v) is 4.10. The van der Waals surface area contributed by atoms with Gasteiger partial charge in [0.2, 0.25) is 0 Å². The number of halogens is 1. The number of hydrogen-bond acceptors (Lipinski definition) is 4. The molecule has 27 heavy (non-hydrogen) atoms. The lowest BCUT2D eigenvalue weighted by molar-refractivity contribution is -0.112. The molecule has 0 aliphatic heterocycles. The summed E-state index contributed by atoms with van der Waals surface area (Å²) in [5, 5.41) is 21.8. The molecule has 1 aromatic heterocycles. The predicted molar refractivity (Wildman–Crippen MR) is 104 cm³/mol. The summed E-state index contributed by atoms with van der Waals surface area (Å²) in [6.45, 7) is 1.94. The Morgan fingerprint density at radius 2 is 1.93 bits per heavy atom. The van der Waals surface area contributed by atoms with E-state index in [1.54, 1.807) is 24.3 Å². The highest BCUT2D eigenvalue weighted by atomic mass is 35.5. The molecule has 0 saturated heterocycles. The summed E-state index contributed by atoms with van der Waals surface area (Å²) in [4.78, 5) is 12.3. The normalized spacial score (nSPS) is 11.1. The van der Waals surface area contributed by atoms with Crippen LogP contribution in [0.5, 0.6) is 5.75 Å². The van der Waals surface area contributed by atoms with Gasteiger partial charge in [-0.2, -0.15) is 5.26 Å². The highest BCUT2D eigenvalue weighted by Gasteiger charge is 2.12. The molecule has 0 bridgehead atoms. The largest absolute Gasteiger partial charge is 0.508 e. The number of benzene rings is 2. The monoisotopic (exact) mass is 378 g/mol. The fourth-order valence-electron chi connectivity index (χ4n) is 2.47. The summed E-state index contributed by atoms with van der Waals surface area (Å²) in [6, 6.07) is 16.8. The maximum Gasteiger partial charge on any atom is 0.266 e. The van der Waals surface area contributed by atoms with Crippen LogP contribution in [0.1, 0.15) is 11.3 Å². The number of furan rings is 1. The van der Waals surface area contributed by atoms with Crippen molar-refractivity contribution in [2.45, 2.75) is 6.92 Å². The van der Waals surface area contributed by atoms with E-state index in [2.05, 4.69) is 5.32 Å². The van der Waals surface area contributed by atoms with E-state index in [4.69, 9.17) is 16.0 Å². The minimum atomic E-state index is -0.569. The quantitative estimate of drug-likeness (QED) is 0.373. The van der Waals surface area contributed by atoms with E-state index in [0.29, 0.717) is 22.2 Å². The summed E-state index contributed by atoms with van der Waals surface area (Å²) in [5.74, 6) is 0.489. The van der Waals surface area contributed by atoms with Crippen LogP contribution in [0.25, 0.3) is 17.4 Å². The molecule has 2 aromatic carbocycles. The van der Waals surface area contributed by atoms with Crippen LogP contribution in [0.4, 0.5) is 5.69 Å². The average molecular weight is 379 g/mol. The van der Waals surface area contributed by atoms with Crippen LogP contribution < -0.4 is 5.32 Å². The number of nitriles is 1. The standard InChI is InChI=1S/C21H15ClN2O3/c1-13-2-3-15(22)11-19(13)20-9-8-18(27-20)10-14(12-23)21(26)24-16-4-6-17(25)7-5-16/h2-11,25H,1H3,(H,24,26)/b14-10-. The van der Waals surface area contributed by atoms with Crippen LogP contribution >= 0.6 is 11.6 Å². The minimum Gasteiger partial charge on any atom is -0.508 e. The number of carbonyl (C=O) groups excluding carboxylic acids is 1. The number of hydrogen-bond donors (Lipinski definition) is 2. The summed E-state index contributed by atoms with van der Waals surface area (Å²) in [5.41, 5.74) is 2.20. The van der Waals surface area contributed by atoms with Gasteiger partial charge in [0.15, 0.2) is 0 Å². The zero-order valence-electron chi connectivity index (χ0n) is 14.4. The van der Waals surface area contributed by atoms with Crippen molar-refractivity contribution < 1.29 is 14.3 Å². The number of rotatable bonds is 4. The number of phenolic OH excluding ortho intramolecular Hbond substituents is 1. The van der Waals surface area contributed by atoms with Gasteiger partial charge >= 0.3 is 0 Å². The van der Waals surface area contributed by atoms with Gasteiger partial charge in [-0.3, -0.25) is 4.79 Å². The Morgan fingerprint density at radius 1 is 1.19 bits per heavy atom. The molecule has 2 N–H and O–H groups in total. The molecule has 0 radical (unpaired) electrons. The molecular weight excluding hydrogens is 364 g/mol. The van der Waals surface area contributed by atoms with E-state index in [0.717, 1.165) is 11.1 Å². The second-order valence-electron chi connectivity index (χ2n) is 5.83. The van der Waals surface area contributed by atoms with E-state index in [1.807, 2.05) is 19.1 Å². The maximum absolute atomic E-state index is 12.3. The molecule has 1 heterocycles. The number of carbonyl (C=O) groups is 1. The van der Waals surface area contributed by atoms with Crippen LogP contribution in [0.3, 0.4) is 0 Å². The number of nitrogens with one attached hydrogen (secondary N) is 1. The fourth-order valence-corrected chi connectivity index (χ4v) is 2.64. The van der Waals surface area contributed by atoms with Crippen LogP contribution in [-0.4, -0.2) is 11.0 Å². The first-order valence-corrected chi connectivity index (χ1v) is 8.42. The first-order valence-electron chi connectivity index (χ1n) is 8.05. The molecule has 1 amide bonds. The van der Waals surface area contributed by atoms with Gasteiger partial charge in [-0.05, 0) is 61.0 Å². The number of aromatic hydroxyl groups is 1. The summed E-state index contributed by atoms with van der Waals surface area (Å²) >= 11 is 6.04. The second kappa shape index (κ2) is 7.81. The third kappa shape index (κ3) is 4.38. The van der Waals surface area contributed by atoms with Crippen molar-refractivity contribution in [3.05, 3.63) is 76.5 Å². The number of nitrogens with zero attached hydrogens (tertiary/aromatic N) is 1. The first-order chi connectivity index (χ1) is 13.0. The van der Waals surface area contributed by atoms with Gasteiger partial charge in [-0.25, -0.2) is 0 Å². The Balaban J connectivity index is 1.83. The molecule has 0 aliphatic carbocycles. The van der Waals surface area contributed by atoms with E-state index >= 15 is 0 Å². The number of amides is 1. The predicted octanol–water partition coefficient (Wildman–Crippen LogP) is 5.16. The van der Waals surface area contributed by atoms with E-state index in [-0.39, 0.29) is 11.3 Å². The molecule has 6 heteroatoms. The second-order valence-corrected chi connectivity index (χ2v) is 6.27. The van der Waals surface area contributed by atoms with Gasteiger partial charge in [0.05, 0.1) is 0 Å². The zero-order chi connectivity index (χ0) is 19.4. The van der Waals surface area contributed by atoms with Crippen molar-refractivity contribution in [2.24, 2.45) is 0 Å². The maximum atomic E-state index is 12.3. The van der Waals surface area contributed by atoms with Gasteiger partial charge in [0.1, 0.15) is 28.9 Å². The summed E-state index contributed by atoms with van der Waals surface area (Å²) in [6.07, 6.45) is 1.37. The summed E-state index contributed by atoms with van der Waals surface area (Å²) in [7, 11) is 0. The molecule has 0 spiro atoms. The van der Waals surface area contributed by atoms with Crippen LogP contribution in [0.15, 0.2) is 64.6 Å². The lowest BCUT2D eigenvalue weighted by Crippen LogP contribution is -2.13. The average Bonchev–Trinajstić information content (AvgIpc) is 3.12. The number of anilines is 1. The Labute approximate surface area is 161 Å². The summed E-state index contributed by atoms with van der Waals surface area (Å²) < 4.78 is 5.75. The first kappa shape index (κ1) is 18.3. The molecule has 0 fully saturated rings. The lowest BCUT2D eigenvalue weighted by Gasteiger charge is -2.04. The highest BCUT2D eigenvalue weighted by Crippen LogP contribution is 2.29. The Kier molecular flexibility index (Phi) is 5.30. The molecule has 0 saturated carbocycles. The van der Waals surface area contributed by atoms with Crippen molar-refractivity contribution in [2.75, 3.05) is 5.32 Å². The molecular formula is C21H15ClN2O3. The minimum absolute atomic E-state index is 0.0865. The topological polar surface area (TPSA) is 86.3 Å². The molecule has 0 aliphatic rings. The van der Waals surface area contributed by atoms with Gasteiger partial charge in [0.25, 0.3) is 5.91 Å². The lowest BCUT2D eigenvalue weighted by atomic mass is 10.1. The van der Waals surface area contributed by atoms with Gasteiger partial charge in [-0.15, -0.1) is 0 Å². The SMILES string of the molecule is Cc1ccc(Cl)cc1-c1ccc(/C=C(/C#N)C(=O)Nc2ccc(O)cc2)o1. The molecule has 0 unspecified atom stereocenters. The zero-order valence-corrected chi connectivity index (χ0v) is 15.1. The molecule has 3 aromatic rings. The number of phenols is 1. The van der Waals surface area contributed by atoms with Gasteiger partial charge in [-0.1, -0.05) is 17.7 Å². The fraction of sp³-hybridized carbons (Fsp3) is 0.0476. The van der Waals surface area contributed by atoms with Crippen LogP contribution in [0, 0.1) is 18.3 Å². The van der Waals surface area contributed by atoms with Crippen molar-refractivity contribution >= 4 is 29.3 Å². The molecule has 134 valence electrons. The van der Waals surface area contributed by atoms with E-state index < -0.39 is 5.91 Å². The number of aryl methyl sites for hydroxylation is 1. The van der Waals surface area contributed by atoms with Crippen molar-refractivity contribution in [1.29, 1.82) is 5.26 Å². The van der Waals surface area contributed by atoms with Crippen LogP contribution in [-0.2, 0) is 4.79 Å². The van der Waals surface area contributed by atoms with Crippen LogP contribution in [0.2, 0.25) is 5.02 Å². The molecule has 3 rings (SSSR count). The van der Waals surface area contributed by atoms with E-state index in [9.17, 15) is 15.2 Å². The van der Waals surface area contributed by atoms with Crippen molar-refractivity contribution in [3.8, 4) is 23.1 Å². The van der Waals surface area contributed by atoms with Crippen molar-refractivity contribution in [1.82, 2.24) is 0 Å². The van der Waals surface area contributed by atoms with Crippen molar-refractivity contribution in [3.63, 3.8) is 0 Å². The Morgan fingerprint density at radius 3 is 2.63 bits per heavy atom. The Hall–Kier alpha value is -3.49. The van der Waals surface area contributed by atoms with Gasteiger partial charge in [0, 0.05) is 22.3 Å². The molecule has 5 nitrogen and oxygen atoms in total. The highest BCUT2D eigenvalue weighted by molar-refractivity contribution is 6.30. The Bertz CT molecular complexity index is 1060. The van der Waals surface area contributed by atoms with Gasteiger partial charge < -0.3 is 14.8 Å². The van der Waals surface area contributed by atoms with E-state index in [1.165, 1.54) is 30.3 Å². The smallest absolute Gasteiger partial charge is 0.266 e.